The third-order valence-electron chi connectivity index (χ3n) is 3.22. The Morgan fingerprint density at radius 3 is 2.95 bits per heavy atom. The summed E-state index contributed by atoms with van der Waals surface area (Å²) in [5, 5.41) is 11.5. The number of ether oxygens (including phenoxy) is 1. The molecule has 0 spiro atoms. The average Bonchev–Trinajstić information content (AvgIpc) is 2.46. The molecular weight excluding hydrogens is 282 g/mol. The van der Waals surface area contributed by atoms with Gasteiger partial charge in [0, 0.05) is 6.54 Å². The van der Waals surface area contributed by atoms with Crippen molar-refractivity contribution in [2.45, 2.75) is 18.9 Å². The van der Waals surface area contributed by atoms with Gasteiger partial charge in [0.1, 0.15) is 12.4 Å². The first kappa shape index (κ1) is 15.5. The van der Waals surface area contributed by atoms with E-state index in [0.29, 0.717) is 13.0 Å². The van der Waals surface area contributed by atoms with E-state index in [9.17, 15) is 13.6 Å². The molecule has 2 amide bonds. The van der Waals surface area contributed by atoms with Gasteiger partial charge in [0.25, 0.3) is 6.43 Å². The van der Waals surface area contributed by atoms with E-state index in [1.807, 2.05) is 24.3 Å². The van der Waals surface area contributed by atoms with Crippen LogP contribution in [0.4, 0.5) is 13.6 Å². The minimum absolute atomic E-state index is 0.125. The summed E-state index contributed by atoms with van der Waals surface area (Å²) in [6.45, 7) is -0.884. The van der Waals surface area contributed by atoms with E-state index in [4.69, 9.17) is 9.84 Å². The van der Waals surface area contributed by atoms with E-state index in [-0.39, 0.29) is 19.2 Å². The predicted molar refractivity (Wildman–Crippen MR) is 72.6 cm³/mol. The maximum atomic E-state index is 12.4. The van der Waals surface area contributed by atoms with E-state index in [1.54, 1.807) is 0 Å². The highest BCUT2D eigenvalue weighted by molar-refractivity contribution is 5.74. The van der Waals surface area contributed by atoms with E-state index >= 15 is 0 Å². The Balaban J connectivity index is 1.93. The molecule has 2 rings (SSSR count). The van der Waals surface area contributed by atoms with E-state index in [0.717, 1.165) is 16.2 Å². The van der Waals surface area contributed by atoms with Crippen molar-refractivity contribution in [1.29, 1.82) is 0 Å². The van der Waals surface area contributed by atoms with Crippen LogP contribution in [0.3, 0.4) is 0 Å². The van der Waals surface area contributed by atoms with Crippen molar-refractivity contribution in [1.82, 2.24) is 10.2 Å². The Kier molecular flexibility index (Phi) is 5.32. The number of carbonyl (C=O) groups is 1. The van der Waals surface area contributed by atoms with Gasteiger partial charge in [-0.1, -0.05) is 18.2 Å². The molecule has 1 aromatic rings. The van der Waals surface area contributed by atoms with Gasteiger partial charge in [-0.25, -0.2) is 13.6 Å². The molecule has 0 fully saturated rings. The van der Waals surface area contributed by atoms with Gasteiger partial charge in [-0.2, -0.15) is 0 Å². The molecule has 116 valence electrons. The number of benzene rings is 1. The normalized spacial score (nSPS) is 17.0. The Morgan fingerprint density at radius 1 is 1.48 bits per heavy atom. The lowest BCUT2D eigenvalue weighted by Crippen LogP contribution is -2.50. The number of fused-ring (bicyclic) bond motifs is 1. The summed E-state index contributed by atoms with van der Waals surface area (Å²) in [7, 11) is 0. The quantitative estimate of drug-likeness (QED) is 0.860. The van der Waals surface area contributed by atoms with Crippen molar-refractivity contribution in [2.24, 2.45) is 0 Å². The fraction of sp³-hybridized carbons (Fsp3) is 0.500. The second-order valence-corrected chi connectivity index (χ2v) is 4.83. The topological polar surface area (TPSA) is 61.8 Å². The average molecular weight is 300 g/mol. The lowest BCUT2D eigenvalue weighted by Gasteiger charge is -2.29. The number of hydrogen-bond acceptors (Lipinski definition) is 3. The summed E-state index contributed by atoms with van der Waals surface area (Å²) in [5.41, 5.74) is 0.969. The molecule has 1 aliphatic heterocycles. The number of rotatable bonds is 5. The lowest BCUT2D eigenvalue weighted by molar-refractivity contribution is 0.0881. The first-order chi connectivity index (χ1) is 10.1. The summed E-state index contributed by atoms with van der Waals surface area (Å²) in [5.74, 6) is 0.780. The fourth-order valence-corrected chi connectivity index (χ4v) is 2.25. The predicted octanol–water partition coefficient (Wildman–Crippen LogP) is 1.26. The maximum absolute atomic E-state index is 12.4. The van der Waals surface area contributed by atoms with Gasteiger partial charge >= 0.3 is 6.03 Å². The van der Waals surface area contributed by atoms with Gasteiger partial charge in [-0.05, 0) is 18.1 Å². The molecule has 0 radical (unpaired) electrons. The monoisotopic (exact) mass is 300 g/mol. The molecule has 0 aromatic heterocycles. The number of carbonyl (C=O) groups excluding carboxylic acids is 1. The Hall–Kier alpha value is -1.89. The van der Waals surface area contributed by atoms with Crippen molar-refractivity contribution in [2.75, 3.05) is 26.3 Å². The molecule has 1 heterocycles. The van der Waals surface area contributed by atoms with Crippen LogP contribution in [0.25, 0.3) is 0 Å². The molecule has 0 unspecified atom stereocenters. The van der Waals surface area contributed by atoms with Crippen LogP contribution in [0.2, 0.25) is 0 Å². The largest absolute Gasteiger partial charge is 0.491 e. The number of urea groups is 1. The zero-order chi connectivity index (χ0) is 15.2. The highest BCUT2D eigenvalue weighted by Crippen LogP contribution is 2.23. The van der Waals surface area contributed by atoms with Crippen molar-refractivity contribution >= 4 is 6.03 Å². The SMILES string of the molecule is O=C(N[C@@H]1COc2ccccc2C1)N(CCO)CC(F)F. The van der Waals surface area contributed by atoms with Gasteiger partial charge in [-0.15, -0.1) is 0 Å². The third-order valence-corrected chi connectivity index (χ3v) is 3.22. The van der Waals surface area contributed by atoms with Gasteiger partial charge in [0.15, 0.2) is 0 Å². The summed E-state index contributed by atoms with van der Waals surface area (Å²) < 4.78 is 30.4. The molecule has 0 bridgehead atoms. The van der Waals surface area contributed by atoms with Gasteiger partial charge in [0.2, 0.25) is 0 Å². The van der Waals surface area contributed by atoms with Gasteiger partial charge in [-0.3, -0.25) is 0 Å². The van der Waals surface area contributed by atoms with Crippen LogP contribution in [0.1, 0.15) is 5.56 Å². The summed E-state index contributed by atoms with van der Waals surface area (Å²) >= 11 is 0. The molecule has 7 heteroatoms. The number of halogens is 2. The summed E-state index contributed by atoms with van der Waals surface area (Å²) in [4.78, 5) is 12.9. The van der Waals surface area contributed by atoms with Gasteiger partial charge in [0.05, 0.1) is 19.2 Å². The number of para-hydroxylation sites is 1. The second kappa shape index (κ2) is 7.21. The van der Waals surface area contributed by atoms with Crippen LogP contribution < -0.4 is 10.1 Å². The number of nitrogens with zero attached hydrogens (tertiary/aromatic N) is 1. The van der Waals surface area contributed by atoms with Crippen LogP contribution >= 0.6 is 0 Å². The van der Waals surface area contributed by atoms with Crippen molar-refractivity contribution < 1.29 is 23.4 Å². The number of amides is 2. The number of alkyl halides is 2. The molecule has 0 aliphatic carbocycles. The number of hydrogen-bond donors (Lipinski definition) is 2. The number of aliphatic hydroxyl groups excluding tert-OH is 1. The molecule has 0 saturated heterocycles. The first-order valence-corrected chi connectivity index (χ1v) is 6.75. The zero-order valence-corrected chi connectivity index (χ0v) is 11.5. The molecule has 5 nitrogen and oxygen atoms in total. The van der Waals surface area contributed by atoms with E-state index < -0.39 is 19.0 Å². The second-order valence-electron chi connectivity index (χ2n) is 4.83. The summed E-state index contributed by atoms with van der Waals surface area (Å²) in [6, 6.07) is 6.61. The lowest BCUT2D eigenvalue weighted by atomic mass is 10.0. The molecule has 1 aliphatic rings. The number of nitrogens with one attached hydrogen (secondary N) is 1. The molecule has 0 saturated carbocycles. The smallest absolute Gasteiger partial charge is 0.318 e. The first-order valence-electron chi connectivity index (χ1n) is 6.75. The van der Waals surface area contributed by atoms with E-state index in [2.05, 4.69) is 5.32 Å². The molecule has 1 aromatic carbocycles. The van der Waals surface area contributed by atoms with Crippen molar-refractivity contribution in [3.8, 4) is 5.75 Å². The minimum atomic E-state index is -2.63. The molecular formula is C14H18F2N2O3. The zero-order valence-electron chi connectivity index (χ0n) is 11.5. The molecule has 1 atom stereocenters. The fourth-order valence-electron chi connectivity index (χ4n) is 2.25. The van der Waals surface area contributed by atoms with Crippen molar-refractivity contribution in [3.63, 3.8) is 0 Å². The summed E-state index contributed by atoms with van der Waals surface area (Å²) in [6.07, 6.45) is -2.05. The Bertz CT molecular complexity index is 485. The van der Waals surface area contributed by atoms with Crippen LogP contribution in [-0.2, 0) is 6.42 Å². The number of aliphatic hydroxyl groups is 1. The molecule has 21 heavy (non-hydrogen) atoms. The van der Waals surface area contributed by atoms with E-state index in [1.165, 1.54) is 0 Å². The van der Waals surface area contributed by atoms with Crippen LogP contribution in [0.5, 0.6) is 5.75 Å². The third kappa shape index (κ3) is 4.29. The van der Waals surface area contributed by atoms with Gasteiger partial charge < -0.3 is 20.1 Å². The maximum Gasteiger partial charge on any atom is 0.318 e. The Morgan fingerprint density at radius 2 is 2.24 bits per heavy atom. The highest BCUT2D eigenvalue weighted by Gasteiger charge is 2.24. The van der Waals surface area contributed by atoms with Crippen LogP contribution in [0, 0.1) is 0 Å². The van der Waals surface area contributed by atoms with Crippen molar-refractivity contribution in [3.05, 3.63) is 29.8 Å². The molecule has 2 N–H and O–H groups in total. The minimum Gasteiger partial charge on any atom is -0.491 e. The Labute approximate surface area is 121 Å². The van der Waals surface area contributed by atoms with Crippen LogP contribution in [-0.4, -0.2) is 54.8 Å². The highest BCUT2D eigenvalue weighted by atomic mass is 19.3. The standard InChI is InChI=1S/C14H18F2N2O3/c15-13(16)8-18(5-6-19)14(20)17-11-7-10-3-1-2-4-12(10)21-9-11/h1-4,11,13,19H,5-9H2,(H,17,20)/t11-/m0/s1. The van der Waals surface area contributed by atoms with Crippen LogP contribution in [0.15, 0.2) is 24.3 Å².